The van der Waals surface area contributed by atoms with Crippen molar-refractivity contribution >= 4 is 55.9 Å². The average molecular weight is 779 g/mol. The second-order valence-corrected chi connectivity index (χ2v) is 14.4. The van der Waals surface area contributed by atoms with E-state index >= 15 is 0 Å². The predicted octanol–water partition coefficient (Wildman–Crippen LogP) is 12.2. The zero-order valence-corrected chi connectivity index (χ0v) is 32.7. The smallest absolute Gasteiger partial charge is 0.101 e. The number of hydrogen-bond donors (Lipinski definition) is 0. The molecule has 0 fully saturated rings. The lowest BCUT2D eigenvalue weighted by Crippen LogP contribution is -2.05. The number of nitriles is 5. The molecule has 282 valence electrons. The number of allylic oxidation sites excluding steroid dienone is 3. The summed E-state index contributed by atoms with van der Waals surface area (Å²) in [5, 5.41) is 53.9. The van der Waals surface area contributed by atoms with E-state index in [0.29, 0.717) is 33.5 Å². The van der Waals surface area contributed by atoms with Crippen LogP contribution in [0.25, 0.3) is 82.8 Å². The Labute approximate surface area is 351 Å². The van der Waals surface area contributed by atoms with Crippen LogP contribution in [0, 0.1) is 56.7 Å². The highest BCUT2D eigenvalue weighted by atomic mass is 15.0. The summed E-state index contributed by atoms with van der Waals surface area (Å²) in [6, 6.07) is 54.0. The molecule has 8 nitrogen and oxygen atoms in total. The van der Waals surface area contributed by atoms with Gasteiger partial charge in [0.15, 0.2) is 0 Å². The van der Waals surface area contributed by atoms with E-state index in [-0.39, 0.29) is 0 Å². The fourth-order valence-electron chi connectivity index (χ4n) is 8.46. The highest BCUT2D eigenvalue weighted by Gasteiger charge is 2.23. The first-order valence-corrected chi connectivity index (χ1v) is 19.3. The van der Waals surface area contributed by atoms with E-state index in [4.69, 9.17) is 0 Å². The molecular formula is C53H30N8. The van der Waals surface area contributed by atoms with Crippen molar-refractivity contribution in [2.24, 2.45) is 4.99 Å². The van der Waals surface area contributed by atoms with Crippen molar-refractivity contribution in [1.82, 2.24) is 9.13 Å². The lowest BCUT2D eigenvalue weighted by molar-refractivity contribution is 1.13. The van der Waals surface area contributed by atoms with Gasteiger partial charge in [0, 0.05) is 33.3 Å². The van der Waals surface area contributed by atoms with Crippen molar-refractivity contribution in [3.05, 3.63) is 185 Å². The predicted molar refractivity (Wildman–Crippen MR) is 242 cm³/mol. The summed E-state index contributed by atoms with van der Waals surface area (Å²) in [4.78, 5) is 4.04. The molecule has 0 atom stereocenters. The Hall–Kier alpha value is -9.26. The van der Waals surface area contributed by atoms with Crippen molar-refractivity contribution < 1.29 is 0 Å². The fourth-order valence-corrected chi connectivity index (χ4v) is 8.46. The Balaban J connectivity index is 1.32. The van der Waals surface area contributed by atoms with Gasteiger partial charge >= 0.3 is 0 Å². The molecule has 0 radical (unpaired) electrons. The monoisotopic (exact) mass is 778 g/mol. The molecule has 9 aromatic rings. The van der Waals surface area contributed by atoms with Crippen LogP contribution in [-0.4, -0.2) is 15.9 Å². The van der Waals surface area contributed by atoms with Crippen LogP contribution in [0.15, 0.2) is 157 Å². The summed E-state index contributed by atoms with van der Waals surface area (Å²) in [6.07, 6.45) is 5.57. The standard InChI is InChI=1S/C53H30N8/c1-3-35(20-21-59-2)45-27-52(60-48-10-6-4-8-43(48)46-24-36(14-18-50(46)60)41-16-12-33(28-54)22-38(41)30-56)40(32-58)26-53(45)61-49-11-7-5-9-44(49)47-25-37(15-19-51(47)61)42-17-13-34(29-55)23-39(42)31-57/h3-27H,2H2,1H3/b21-20-,35-3+. The van der Waals surface area contributed by atoms with Gasteiger partial charge < -0.3 is 9.13 Å². The summed E-state index contributed by atoms with van der Waals surface area (Å²) in [5.74, 6) is 0. The normalized spacial score (nSPS) is 11.4. The third kappa shape index (κ3) is 6.09. The summed E-state index contributed by atoms with van der Waals surface area (Å²) in [6.45, 7) is 5.65. The zero-order valence-electron chi connectivity index (χ0n) is 32.7. The molecule has 61 heavy (non-hydrogen) atoms. The maximum absolute atomic E-state index is 11.1. The molecule has 0 aliphatic rings. The van der Waals surface area contributed by atoms with Crippen molar-refractivity contribution in [1.29, 1.82) is 26.3 Å². The maximum atomic E-state index is 11.1. The molecule has 0 aliphatic carbocycles. The largest absolute Gasteiger partial charge is 0.309 e. The first-order chi connectivity index (χ1) is 29.9. The van der Waals surface area contributed by atoms with Gasteiger partial charge in [0.05, 0.1) is 85.5 Å². The highest BCUT2D eigenvalue weighted by molar-refractivity contribution is 6.12. The van der Waals surface area contributed by atoms with Crippen LogP contribution in [0.3, 0.4) is 0 Å². The van der Waals surface area contributed by atoms with Crippen LogP contribution in [-0.2, 0) is 0 Å². The fraction of sp³-hybridized carbons (Fsp3) is 0.0189. The summed E-state index contributed by atoms with van der Waals surface area (Å²) < 4.78 is 4.30. The second-order valence-electron chi connectivity index (χ2n) is 14.4. The van der Waals surface area contributed by atoms with Gasteiger partial charge in [-0.1, -0.05) is 66.7 Å². The van der Waals surface area contributed by atoms with E-state index in [9.17, 15) is 26.3 Å². The topological polar surface area (TPSA) is 141 Å². The summed E-state index contributed by atoms with van der Waals surface area (Å²) in [7, 11) is 0. The molecule has 0 spiro atoms. The average Bonchev–Trinajstić information content (AvgIpc) is 3.83. The van der Waals surface area contributed by atoms with E-state index in [0.717, 1.165) is 82.7 Å². The summed E-state index contributed by atoms with van der Waals surface area (Å²) >= 11 is 0. The van der Waals surface area contributed by atoms with Gasteiger partial charge in [0.1, 0.15) is 6.07 Å². The molecule has 9 rings (SSSR count). The first-order valence-electron chi connectivity index (χ1n) is 19.3. The van der Waals surface area contributed by atoms with Crippen LogP contribution in [0.5, 0.6) is 0 Å². The van der Waals surface area contributed by atoms with Gasteiger partial charge in [-0.05, 0) is 120 Å². The number of rotatable bonds is 7. The Morgan fingerprint density at radius 3 is 1.48 bits per heavy atom. The molecule has 0 N–H and O–H groups in total. The Morgan fingerprint density at radius 2 is 1.00 bits per heavy atom. The molecular weight excluding hydrogens is 749 g/mol. The SMILES string of the molecule is C=N/C=C\C(=C/C)c1cc(-n2c3ccccc3c3cc(-c4ccc(C#N)cc4C#N)ccc32)c(C#N)cc1-n1c2ccccc2c2cc(-c3ccc(C#N)cc3C#N)ccc21. The van der Waals surface area contributed by atoms with Crippen molar-refractivity contribution in [3.63, 3.8) is 0 Å². The van der Waals surface area contributed by atoms with Gasteiger partial charge in [-0.15, -0.1) is 0 Å². The maximum Gasteiger partial charge on any atom is 0.101 e. The molecule has 8 heteroatoms. The highest BCUT2D eigenvalue weighted by Crippen LogP contribution is 2.42. The third-order valence-electron chi connectivity index (χ3n) is 11.2. The molecule has 7 aromatic carbocycles. The van der Waals surface area contributed by atoms with Crippen LogP contribution in [0.4, 0.5) is 0 Å². The van der Waals surface area contributed by atoms with Crippen LogP contribution < -0.4 is 0 Å². The van der Waals surface area contributed by atoms with Crippen molar-refractivity contribution in [2.75, 3.05) is 0 Å². The second kappa shape index (κ2) is 15.2. The molecule has 0 bridgehead atoms. The minimum atomic E-state index is 0.414. The molecule has 0 aliphatic heterocycles. The van der Waals surface area contributed by atoms with Gasteiger partial charge in [0.2, 0.25) is 0 Å². The molecule has 0 unspecified atom stereocenters. The Bertz CT molecular complexity index is 3630. The minimum absolute atomic E-state index is 0.414. The van der Waals surface area contributed by atoms with Crippen molar-refractivity contribution in [2.45, 2.75) is 6.92 Å². The summed E-state index contributed by atoms with van der Waals surface area (Å²) in [5.41, 5.74) is 12.0. The number of benzene rings is 7. The Morgan fingerprint density at radius 1 is 0.508 bits per heavy atom. The minimum Gasteiger partial charge on any atom is -0.309 e. The number of nitrogens with zero attached hydrogens (tertiary/aromatic N) is 8. The lowest BCUT2D eigenvalue weighted by atomic mass is 9.96. The molecule has 0 amide bonds. The van der Waals surface area contributed by atoms with Crippen LogP contribution >= 0.6 is 0 Å². The first kappa shape index (κ1) is 37.3. The molecule has 2 heterocycles. The van der Waals surface area contributed by atoms with E-state index in [1.807, 2.05) is 91.9 Å². The number of hydrogen-bond acceptors (Lipinski definition) is 6. The molecule has 0 saturated carbocycles. The van der Waals surface area contributed by atoms with E-state index in [2.05, 4.69) is 87.6 Å². The van der Waals surface area contributed by atoms with E-state index in [1.165, 1.54) is 0 Å². The third-order valence-corrected chi connectivity index (χ3v) is 11.2. The van der Waals surface area contributed by atoms with Gasteiger partial charge in [-0.25, -0.2) is 0 Å². The van der Waals surface area contributed by atoms with Gasteiger partial charge in [-0.2, -0.15) is 26.3 Å². The zero-order chi connectivity index (χ0) is 42.2. The molecule has 2 aromatic heterocycles. The van der Waals surface area contributed by atoms with Crippen molar-refractivity contribution in [3.8, 4) is 64.0 Å². The number of aromatic nitrogens is 2. The Kier molecular flexibility index (Phi) is 9.33. The van der Waals surface area contributed by atoms with E-state index < -0.39 is 0 Å². The number of para-hydroxylation sites is 2. The van der Waals surface area contributed by atoms with Crippen LogP contribution in [0.2, 0.25) is 0 Å². The molecule has 0 saturated heterocycles. The van der Waals surface area contributed by atoms with Crippen LogP contribution in [0.1, 0.15) is 40.3 Å². The van der Waals surface area contributed by atoms with Gasteiger partial charge in [-0.3, -0.25) is 4.99 Å². The lowest BCUT2D eigenvalue weighted by Gasteiger charge is -2.19. The number of fused-ring (bicyclic) bond motifs is 6. The quantitative estimate of drug-likeness (QED) is 0.117. The van der Waals surface area contributed by atoms with E-state index in [1.54, 1.807) is 30.5 Å². The number of aliphatic imine (C=N–C) groups is 1. The van der Waals surface area contributed by atoms with Gasteiger partial charge in [0.25, 0.3) is 0 Å².